The molecule has 1 atom stereocenters. The predicted octanol–water partition coefficient (Wildman–Crippen LogP) is 5.90. The molecular weight excluding hydrogens is 470 g/mol. The second-order valence-electron chi connectivity index (χ2n) is 8.80. The smallest absolute Gasteiger partial charge is 0.300 e. The van der Waals surface area contributed by atoms with Crippen LogP contribution in [0.2, 0.25) is 0 Å². The van der Waals surface area contributed by atoms with Gasteiger partial charge in [-0.3, -0.25) is 14.5 Å². The second-order valence-corrected chi connectivity index (χ2v) is 8.80. The minimum absolute atomic E-state index is 0.0119. The number of aliphatic hydroxyl groups excluding tert-OH is 1. The lowest BCUT2D eigenvalue weighted by Gasteiger charge is -2.26. The molecule has 1 unspecified atom stereocenters. The molecule has 7 heteroatoms. The minimum Gasteiger partial charge on any atom is -0.507 e. The zero-order chi connectivity index (χ0) is 26.5. The average molecular weight is 502 g/mol. The number of aliphatic hydroxyl groups is 1. The van der Waals surface area contributed by atoms with Gasteiger partial charge >= 0.3 is 0 Å². The Morgan fingerprint density at radius 2 is 1.49 bits per heavy atom. The van der Waals surface area contributed by atoms with Gasteiger partial charge in [0.25, 0.3) is 11.7 Å². The molecule has 1 aliphatic rings. The summed E-state index contributed by atoms with van der Waals surface area (Å²) in [5.74, 6) is -0.0726. The van der Waals surface area contributed by atoms with Gasteiger partial charge in [-0.2, -0.15) is 0 Å². The number of ether oxygens (including phenoxy) is 3. The van der Waals surface area contributed by atoms with E-state index in [0.717, 1.165) is 0 Å². The van der Waals surface area contributed by atoms with E-state index in [0.29, 0.717) is 47.3 Å². The van der Waals surface area contributed by atoms with Gasteiger partial charge in [-0.1, -0.05) is 30.3 Å². The number of amides is 1. The fraction of sp³-hybridized carbons (Fsp3) is 0.267. The van der Waals surface area contributed by atoms with Crippen LogP contribution in [0.5, 0.6) is 17.2 Å². The first-order valence-corrected chi connectivity index (χ1v) is 12.4. The van der Waals surface area contributed by atoms with Crippen LogP contribution in [-0.2, 0) is 9.59 Å². The van der Waals surface area contributed by atoms with Gasteiger partial charge in [0.05, 0.1) is 30.9 Å². The number of benzene rings is 3. The molecule has 7 nitrogen and oxygen atoms in total. The summed E-state index contributed by atoms with van der Waals surface area (Å²) in [5, 5.41) is 11.4. The largest absolute Gasteiger partial charge is 0.507 e. The summed E-state index contributed by atoms with van der Waals surface area (Å²) in [6.45, 7) is 8.47. The van der Waals surface area contributed by atoms with Crippen molar-refractivity contribution in [1.29, 1.82) is 0 Å². The topological polar surface area (TPSA) is 85.3 Å². The van der Waals surface area contributed by atoms with E-state index >= 15 is 0 Å². The Morgan fingerprint density at radius 1 is 0.865 bits per heavy atom. The van der Waals surface area contributed by atoms with Crippen molar-refractivity contribution in [1.82, 2.24) is 0 Å². The number of Topliss-reactive ketones (excluding diaryl/α,β-unsaturated/α-hetero) is 1. The summed E-state index contributed by atoms with van der Waals surface area (Å²) in [6.07, 6.45) is -0.0677. The molecule has 1 fully saturated rings. The van der Waals surface area contributed by atoms with E-state index in [1.54, 1.807) is 60.7 Å². The highest BCUT2D eigenvalue weighted by Gasteiger charge is 2.47. The van der Waals surface area contributed by atoms with Crippen molar-refractivity contribution in [2.24, 2.45) is 0 Å². The third-order valence-electron chi connectivity index (χ3n) is 5.82. The number of hydrogen-bond acceptors (Lipinski definition) is 6. The van der Waals surface area contributed by atoms with Gasteiger partial charge in [0.2, 0.25) is 0 Å². The molecule has 1 saturated heterocycles. The molecule has 1 amide bonds. The van der Waals surface area contributed by atoms with Crippen LogP contribution in [0.4, 0.5) is 5.69 Å². The van der Waals surface area contributed by atoms with Crippen LogP contribution in [0.1, 0.15) is 44.9 Å². The Hall–Kier alpha value is -4.26. The van der Waals surface area contributed by atoms with Crippen molar-refractivity contribution >= 4 is 23.1 Å². The molecular formula is C30H31NO6. The highest BCUT2D eigenvalue weighted by atomic mass is 16.5. The van der Waals surface area contributed by atoms with Crippen molar-refractivity contribution in [2.45, 2.75) is 39.8 Å². The summed E-state index contributed by atoms with van der Waals surface area (Å²) in [6, 6.07) is 20.2. The van der Waals surface area contributed by atoms with Crippen LogP contribution in [0.25, 0.3) is 5.76 Å². The minimum atomic E-state index is -0.882. The third kappa shape index (κ3) is 5.45. The van der Waals surface area contributed by atoms with Crippen LogP contribution in [0, 0.1) is 0 Å². The zero-order valence-corrected chi connectivity index (χ0v) is 21.4. The molecule has 1 N–H and O–H groups in total. The molecule has 0 bridgehead atoms. The maximum absolute atomic E-state index is 13.5. The third-order valence-corrected chi connectivity index (χ3v) is 5.82. The van der Waals surface area contributed by atoms with E-state index in [9.17, 15) is 14.7 Å². The first-order chi connectivity index (χ1) is 17.8. The van der Waals surface area contributed by atoms with Crippen molar-refractivity contribution < 1.29 is 28.9 Å². The van der Waals surface area contributed by atoms with Crippen molar-refractivity contribution in [3.63, 3.8) is 0 Å². The van der Waals surface area contributed by atoms with Crippen LogP contribution in [0.3, 0.4) is 0 Å². The summed E-state index contributed by atoms with van der Waals surface area (Å²) in [7, 11) is 0. The van der Waals surface area contributed by atoms with E-state index in [1.165, 1.54) is 4.90 Å². The number of anilines is 1. The quantitative estimate of drug-likeness (QED) is 0.223. The molecule has 192 valence electrons. The molecule has 4 rings (SSSR count). The number of carbonyl (C=O) groups is 2. The summed E-state index contributed by atoms with van der Waals surface area (Å²) < 4.78 is 17.1. The summed E-state index contributed by atoms with van der Waals surface area (Å²) >= 11 is 0. The molecule has 1 heterocycles. The van der Waals surface area contributed by atoms with Crippen molar-refractivity contribution in [2.75, 3.05) is 18.1 Å². The maximum atomic E-state index is 13.5. The normalized spacial score (nSPS) is 16.8. The maximum Gasteiger partial charge on any atom is 0.300 e. The zero-order valence-electron chi connectivity index (χ0n) is 21.4. The van der Waals surface area contributed by atoms with Crippen LogP contribution >= 0.6 is 0 Å². The molecule has 0 aromatic heterocycles. The van der Waals surface area contributed by atoms with Gasteiger partial charge in [-0.25, -0.2) is 0 Å². The Bertz CT molecular complexity index is 1330. The number of nitrogens with zero attached hydrogens (tertiary/aromatic N) is 1. The second kappa shape index (κ2) is 11.2. The monoisotopic (exact) mass is 501 g/mol. The van der Waals surface area contributed by atoms with E-state index in [4.69, 9.17) is 14.2 Å². The number of carbonyl (C=O) groups excluding carboxylic acids is 2. The molecule has 0 saturated carbocycles. The van der Waals surface area contributed by atoms with Gasteiger partial charge < -0.3 is 19.3 Å². The molecule has 1 aliphatic heterocycles. The standard InChI is InChI=1S/C30H31NO6/c1-5-35-23-13-7-10-20(16-23)27-26(28(32)21-11-8-15-25(17-21)37-19(3)4)29(33)30(34)31(27)22-12-9-14-24(18-22)36-6-2/h7-19,27,32H,5-6H2,1-4H3/b28-26+. The lowest BCUT2D eigenvalue weighted by atomic mass is 9.95. The number of rotatable bonds is 9. The first kappa shape index (κ1) is 25.8. The Kier molecular flexibility index (Phi) is 7.82. The van der Waals surface area contributed by atoms with Gasteiger partial charge in [0.15, 0.2) is 0 Å². The molecule has 0 spiro atoms. The molecule has 0 aliphatic carbocycles. The fourth-order valence-corrected chi connectivity index (χ4v) is 4.39. The Morgan fingerprint density at radius 3 is 2.16 bits per heavy atom. The Labute approximate surface area is 216 Å². The average Bonchev–Trinajstić information content (AvgIpc) is 3.14. The molecule has 0 radical (unpaired) electrons. The van der Waals surface area contributed by atoms with Crippen LogP contribution < -0.4 is 19.1 Å². The van der Waals surface area contributed by atoms with E-state index in [2.05, 4.69) is 0 Å². The highest BCUT2D eigenvalue weighted by molar-refractivity contribution is 6.51. The Balaban J connectivity index is 1.90. The molecule has 3 aromatic carbocycles. The fourth-order valence-electron chi connectivity index (χ4n) is 4.39. The van der Waals surface area contributed by atoms with Crippen molar-refractivity contribution in [3.05, 3.63) is 89.5 Å². The van der Waals surface area contributed by atoms with Gasteiger partial charge in [-0.15, -0.1) is 0 Å². The van der Waals surface area contributed by atoms with E-state index in [1.807, 2.05) is 39.8 Å². The van der Waals surface area contributed by atoms with E-state index < -0.39 is 17.7 Å². The number of ketones is 1. The summed E-state index contributed by atoms with van der Waals surface area (Å²) in [5.41, 5.74) is 1.48. The van der Waals surface area contributed by atoms with Gasteiger partial charge in [-0.05, 0) is 69.7 Å². The predicted molar refractivity (Wildman–Crippen MR) is 142 cm³/mol. The van der Waals surface area contributed by atoms with Crippen LogP contribution in [-0.4, -0.2) is 36.1 Å². The lowest BCUT2D eigenvalue weighted by molar-refractivity contribution is -0.132. The summed E-state index contributed by atoms with van der Waals surface area (Å²) in [4.78, 5) is 28.3. The molecule has 3 aromatic rings. The van der Waals surface area contributed by atoms with Gasteiger partial charge in [0.1, 0.15) is 23.0 Å². The van der Waals surface area contributed by atoms with Crippen LogP contribution in [0.15, 0.2) is 78.4 Å². The first-order valence-electron chi connectivity index (χ1n) is 12.4. The van der Waals surface area contributed by atoms with Gasteiger partial charge in [0, 0.05) is 17.3 Å². The lowest BCUT2D eigenvalue weighted by Crippen LogP contribution is -2.29. The SMILES string of the molecule is CCOc1cccc(C2/C(=C(\O)c3cccc(OC(C)C)c3)C(=O)C(=O)N2c2cccc(OCC)c2)c1. The molecule has 37 heavy (non-hydrogen) atoms. The highest BCUT2D eigenvalue weighted by Crippen LogP contribution is 2.43. The number of hydrogen-bond donors (Lipinski definition) is 1. The van der Waals surface area contributed by atoms with Crippen molar-refractivity contribution in [3.8, 4) is 17.2 Å². The van der Waals surface area contributed by atoms with E-state index in [-0.39, 0.29) is 17.4 Å².